The predicted octanol–water partition coefficient (Wildman–Crippen LogP) is 1.93. The number of rotatable bonds is 6. The van der Waals surface area contributed by atoms with Crippen LogP contribution < -0.4 is 10.2 Å². The Labute approximate surface area is 104 Å². The Hall–Kier alpha value is -1.37. The van der Waals surface area contributed by atoms with Crippen molar-refractivity contribution in [2.75, 3.05) is 31.6 Å². The summed E-state index contributed by atoms with van der Waals surface area (Å²) in [7, 11) is 1.82. The fourth-order valence-corrected chi connectivity index (χ4v) is 1.50. The number of alkyl halides is 3. The third kappa shape index (κ3) is 4.14. The van der Waals surface area contributed by atoms with Gasteiger partial charge < -0.3 is 10.2 Å². The molecule has 102 valence electrons. The third-order valence-electron chi connectivity index (χ3n) is 2.39. The van der Waals surface area contributed by atoms with Gasteiger partial charge in [0.1, 0.15) is 0 Å². The summed E-state index contributed by atoms with van der Waals surface area (Å²) in [5, 5.41) is 9.86. The van der Waals surface area contributed by atoms with Crippen LogP contribution in [0.2, 0.25) is 0 Å². The Morgan fingerprint density at radius 3 is 2.39 bits per heavy atom. The number of anilines is 1. The Morgan fingerprint density at radius 1 is 1.22 bits per heavy atom. The van der Waals surface area contributed by atoms with Gasteiger partial charge in [-0.2, -0.15) is 13.2 Å². The van der Waals surface area contributed by atoms with Gasteiger partial charge in [0.25, 0.3) is 0 Å². The smallest absolute Gasteiger partial charge is 0.354 e. The predicted molar refractivity (Wildman–Crippen MR) is 63.5 cm³/mol. The first-order valence-electron chi connectivity index (χ1n) is 5.79. The fourth-order valence-electron chi connectivity index (χ4n) is 1.50. The van der Waals surface area contributed by atoms with Gasteiger partial charge in [-0.25, -0.2) is 0 Å². The first-order chi connectivity index (χ1) is 8.49. The maximum absolute atomic E-state index is 12.3. The van der Waals surface area contributed by atoms with Gasteiger partial charge >= 0.3 is 6.18 Å². The van der Waals surface area contributed by atoms with E-state index in [2.05, 4.69) is 15.5 Å². The molecule has 0 aromatic carbocycles. The second kappa shape index (κ2) is 6.53. The van der Waals surface area contributed by atoms with Crippen molar-refractivity contribution in [3.8, 4) is 0 Å². The van der Waals surface area contributed by atoms with Crippen molar-refractivity contribution in [3.63, 3.8) is 0 Å². The minimum Gasteiger partial charge on any atom is -0.354 e. The van der Waals surface area contributed by atoms with Crippen LogP contribution in [-0.4, -0.2) is 36.9 Å². The van der Waals surface area contributed by atoms with Gasteiger partial charge in [0.15, 0.2) is 11.5 Å². The average Bonchev–Trinajstić information content (AvgIpc) is 2.33. The van der Waals surface area contributed by atoms with Crippen LogP contribution in [0.15, 0.2) is 12.1 Å². The van der Waals surface area contributed by atoms with Crippen LogP contribution in [-0.2, 0) is 6.18 Å². The monoisotopic (exact) mass is 262 g/mol. The third-order valence-corrected chi connectivity index (χ3v) is 2.39. The minimum atomic E-state index is -4.44. The summed E-state index contributed by atoms with van der Waals surface area (Å²) >= 11 is 0. The molecule has 0 bridgehead atoms. The highest BCUT2D eigenvalue weighted by molar-refractivity contribution is 5.37. The lowest BCUT2D eigenvalue weighted by atomic mass is 10.3. The second-order valence-electron chi connectivity index (χ2n) is 3.87. The topological polar surface area (TPSA) is 41.0 Å². The highest BCUT2D eigenvalue weighted by Gasteiger charge is 2.33. The molecule has 0 aliphatic heterocycles. The summed E-state index contributed by atoms with van der Waals surface area (Å²) in [5.74, 6) is 0.472. The van der Waals surface area contributed by atoms with Crippen LogP contribution in [0.3, 0.4) is 0 Å². The van der Waals surface area contributed by atoms with Gasteiger partial charge in [-0.1, -0.05) is 6.92 Å². The van der Waals surface area contributed by atoms with Crippen molar-refractivity contribution in [1.82, 2.24) is 15.5 Å². The second-order valence-corrected chi connectivity index (χ2v) is 3.87. The van der Waals surface area contributed by atoms with Crippen LogP contribution in [0, 0.1) is 0 Å². The molecular formula is C11H17F3N4. The Morgan fingerprint density at radius 2 is 1.94 bits per heavy atom. The summed E-state index contributed by atoms with van der Waals surface area (Å²) < 4.78 is 37.0. The molecule has 1 N–H and O–H groups in total. The van der Waals surface area contributed by atoms with E-state index in [0.717, 1.165) is 25.6 Å². The van der Waals surface area contributed by atoms with E-state index in [4.69, 9.17) is 0 Å². The molecule has 0 amide bonds. The molecule has 0 radical (unpaired) electrons. The Bertz CT molecular complexity index is 350. The zero-order chi connectivity index (χ0) is 13.6. The molecule has 1 rings (SSSR count). The first kappa shape index (κ1) is 14.7. The highest BCUT2D eigenvalue weighted by Crippen LogP contribution is 2.27. The van der Waals surface area contributed by atoms with Crippen LogP contribution in [0.1, 0.15) is 19.0 Å². The zero-order valence-electron chi connectivity index (χ0n) is 10.5. The quantitative estimate of drug-likeness (QED) is 0.850. The number of nitrogens with zero attached hydrogens (tertiary/aromatic N) is 3. The Kier molecular flexibility index (Phi) is 5.33. The van der Waals surface area contributed by atoms with Gasteiger partial charge in [0.2, 0.25) is 0 Å². The van der Waals surface area contributed by atoms with Gasteiger partial charge in [0.05, 0.1) is 0 Å². The Balaban J connectivity index is 2.79. The van der Waals surface area contributed by atoms with Gasteiger partial charge in [0, 0.05) is 19.6 Å². The van der Waals surface area contributed by atoms with E-state index in [1.54, 1.807) is 0 Å². The van der Waals surface area contributed by atoms with Crippen LogP contribution >= 0.6 is 0 Å². The molecule has 0 saturated carbocycles. The van der Waals surface area contributed by atoms with Crippen molar-refractivity contribution < 1.29 is 13.2 Å². The van der Waals surface area contributed by atoms with Crippen LogP contribution in [0.5, 0.6) is 0 Å². The van der Waals surface area contributed by atoms with Crippen LogP contribution in [0.4, 0.5) is 19.0 Å². The summed E-state index contributed by atoms with van der Waals surface area (Å²) in [6.07, 6.45) is -3.54. The van der Waals surface area contributed by atoms with E-state index < -0.39 is 11.9 Å². The lowest BCUT2D eigenvalue weighted by Crippen LogP contribution is -2.32. The van der Waals surface area contributed by atoms with Gasteiger partial charge in [-0.3, -0.25) is 0 Å². The van der Waals surface area contributed by atoms with Crippen molar-refractivity contribution >= 4 is 5.82 Å². The summed E-state index contributed by atoms with van der Waals surface area (Å²) in [5.41, 5.74) is -0.962. The number of hydrogen-bond acceptors (Lipinski definition) is 4. The van der Waals surface area contributed by atoms with E-state index >= 15 is 0 Å². The molecule has 0 saturated heterocycles. The van der Waals surface area contributed by atoms with E-state index in [9.17, 15) is 13.2 Å². The molecule has 18 heavy (non-hydrogen) atoms. The number of aromatic nitrogens is 2. The first-order valence-corrected chi connectivity index (χ1v) is 5.79. The minimum absolute atomic E-state index is 0.472. The van der Waals surface area contributed by atoms with Crippen LogP contribution in [0.25, 0.3) is 0 Å². The molecule has 0 spiro atoms. The molecule has 4 nitrogen and oxygen atoms in total. The number of nitrogens with one attached hydrogen (secondary N) is 1. The summed E-state index contributed by atoms with van der Waals surface area (Å²) in [4.78, 5) is 1.91. The molecule has 0 aliphatic rings. The van der Waals surface area contributed by atoms with Crippen molar-refractivity contribution in [1.29, 1.82) is 0 Å². The molecule has 1 heterocycles. The summed E-state index contributed by atoms with van der Waals surface area (Å²) in [6, 6.07) is 2.32. The van der Waals surface area contributed by atoms with E-state index in [1.807, 2.05) is 18.9 Å². The molecule has 7 heteroatoms. The van der Waals surface area contributed by atoms with Crippen molar-refractivity contribution in [2.24, 2.45) is 0 Å². The number of likely N-dealkylation sites (N-methyl/N-ethyl adjacent to an activating group) is 1. The standard InChI is InChI=1S/C11H17F3N4/c1-3-7-18(8-6-15-2)10-5-4-9(16-17-10)11(12,13)14/h4-5,15H,3,6-8H2,1-2H3. The maximum Gasteiger partial charge on any atom is 0.435 e. The molecule has 0 unspecified atom stereocenters. The molecule has 1 aromatic heterocycles. The van der Waals surface area contributed by atoms with Gasteiger partial charge in [-0.05, 0) is 25.6 Å². The molecule has 1 aromatic rings. The highest BCUT2D eigenvalue weighted by atomic mass is 19.4. The van der Waals surface area contributed by atoms with E-state index in [0.29, 0.717) is 12.4 Å². The number of halogens is 3. The van der Waals surface area contributed by atoms with E-state index in [-0.39, 0.29) is 0 Å². The lowest BCUT2D eigenvalue weighted by molar-refractivity contribution is -0.141. The largest absolute Gasteiger partial charge is 0.435 e. The van der Waals surface area contributed by atoms with Crippen molar-refractivity contribution in [3.05, 3.63) is 17.8 Å². The fraction of sp³-hybridized carbons (Fsp3) is 0.636. The van der Waals surface area contributed by atoms with E-state index in [1.165, 1.54) is 6.07 Å². The zero-order valence-corrected chi connectivity index (χ0v) is 10.5. The van der Waals surface area contributed by atoms with Gasteiger partial charge in [-0.15, -0.1) is 10.2 Å². The molecule has 0 aliphatic carbocycles. The molecular weight excluding hydrogens is 245 g/mol. The maximum atomic E-state index is 12.3. The summed E-state index contributed by atoms with van der Waals surface area (Å²) in [6.45, 7) is 4.17. The number of hydrogen-bond donors (Lipinski definition) is 1. The lowest BCUT2D eigenvalue weighted by Gasteiger charge is -2.22. The SMILES string of the molecule is CCCN(CCNC)c1ccc(C(F)(F)F)nn1. The molecule has 0 atom stereocenters. The van der Waals surface area contributed by atoms with Crippen molar-refractivity contribution in [2.45, 2.75) is 19.5 Å². The average molecular weight is 262 g/mol. The molecule has 0 fully saturated rings. The normalized spacial score (nSPS) is 11.6.